The molecule has 0 spiro atoms. The first-order valence-electron chi connectivity index (χ1n) is 10.2. The summed E-state index contributed by atoms with van der Waals surface area (Å²) in [5.74, 6) is -0.159. The molecule has 0 radical (unpaired) electrons. The van der Waals surface area contributed by atoms with Gasteiger partial charge in [-0.15, -0.1) is 0 Å². The highest BCUT2D eigenvalue weighted by Gasteiger charge is 2.24. The summed E-state index contributed by atoms with van der Waals surface area (Å²) in [7, 11) is 1.32. The predicted octanol–water partition coefficient (Wildman–Crippen LogP) is 3.63. The monoisotopic (exact) mass is 452 g/mol. The maximum atomic E-state index is 12.2. The van der Waals surface area contributed by atoms with Gasteiger partial charge in [0, 0.05) is 30.5 Å². The summed E-state index contributed by atoms with van der Waals surface area (Å²) in [6, 6.07) is 9.36. The summed E-state index contributed by atoms with van der Waals surface area (Å²) in [6.07, 6.45) is 4.96. The Kier molecular flexibility index (Phi) is 5.28. The van der Waals surface area contributed by atoms with Crippen LogP contribution in [0.3, 0.4) is 0 Å². The summed E-state index contributed by atoms with van der Waals surface area (Å²) in [4.78, 5) is 16.4. The number of benzene rings is 1. The zero-order valence-electron chi connectivity index (χ0n) is 17.4. The number of nitrogens with zero attached hydrogens (tertiary/aromatic N) is 5. The molecular formula is C22H21ClN6O3. The molecule has 0 atom stereocenters. The van der Waals surface area contributed by atoms with E-state index in [1.165, 1.54) is 13.4 Å². The van der Waals surface area contributed by atoms with Gasteiger partial charge in [0.15, 0.2) is 5.82 Å². The molecule has 0 bridgehead atoms. The summed E-state index contributed by atoms with van der Waals surface area (Å²) < 4.78 is 14.1. The first kappa shape index (κ1) is 20.5. The number of anilines is 1. The largest absolute Gasteiger partial charge is 0.465 e. The van der Waals surface area contributed by atoms with Crippen molar-refractivity contribution in [1.82, 2.24) is 24.4 Å². The van der Waals surface area contributed by atoms with Gasteiger partial charge < -0.3 is 15.2 Å². The Morgan fingerprint density at radius 3 is 2.78 bits per heavy atom. The molecule has 0 unspecified atom stereocenters. The van der Waals surface area contributed by atoms with Gasteiger partial charge in [-0.05, 0) is 37.1 Å². The molecule has 1 aliphatic heterocycles. The third-order valence-electron chi connectivity index (χ3n) is 5.73. The maximum Gasteiger partial charge on any atom is 0.339 e. The fourth-order valence-electron chi connectivity index (χ4n) is 4.17. The zero-order chi connectivity index (χ0) is 22.2. The highest BCUT2D eigenvalue weighted by atomic mass is 35.5. The fourth-order valence-corrected chi connectivity index (χ4v) is 4.36. The molecular weight excluding hydrogens is 432 g/mol. The van der Waals surface area contributed by atoms with Gasteiger partial charge in [-0.3, -0.25) is 4.68 Å². The van der Waals surface area contributed by atoms with Gasteiger partial charge in [0.25, 0.3) is 0 Å². The van der Waals surface area contributed by atoms with E-state index in [0.29, 0.717) is 29.6 Å². The number of carbonyl (C=O) groups excluding carboxylic acids is 1. The van der Waals surface area contributed by atoms with Crippen LogP contribution in [0.2, 0.25) is 5.02 Å². The molecule has 9 nitrogen and oxygen atoms in total. The maximum absolute atomic E-state index is 12.2. The Balaban J connectivity index is 1.70. The SMILES string of the molecule is COC(=O)c1cc(-c2cc(-c3ccnn3C3CCOCC3)c3c(N)ncnn23)ccc1Cl. The second-order valence-corrected chi connectivity index (χ2v) is 7.95. The number of nitrogens with two attached hydrogens (primary N) is 1. The normalized spacial score (nSPS) is 14.7. The van der Waals surface area contributed by atoms with Crippen molar-refractivity contribution in [2.75, 3.05) is 26.1 Å². The van der Waals surface area contributed by atoms with Crippen LogP contribution in [0.4, 0.5) is 5.82 Å². The van der Waals surface area contributed by atoms with Crippen LogP contribution in [-0.4, -0.2) is 50.7 Å². The van der Waals surface area contributed by atoms with Crippen molar-refractivity contribution in [1.29, 1.82) is 0 Å². The minimum Gasteiger partial charge on any atom is -0.465 e. The minimum atomic E-state index is -0.510. The van der Waals surface area contributed by atoms with E-state index in [-0.39, 0.29) is 11.6 Å². The van der Waals surface area contributed by atoms with Gasteiger partial charge in [0.2, 0.25) is 0 Å². The number of esters is 1. The summed E-state index contributed by atoms with van der Waals surface area (Å²) in [5, 5.41) is 9.33. The quantitative estimate of drug-likeness (QED) is 0.471. The molecule has 2 N–H and O–H groups in total. The van der Waals surface area contributed by atoms with Crippen molar-refractivity contribution in [2.24, 2.45) is 0 Å². The van der Waals surface area contributed by atoms with Crippen molar-refractivity contribution in [3.05, 3.63) is 53.4 Å². The number of aromatic nitrogens is 5. The van der Waals surface area contributed by atoms with E-state index in [1.54, 1.807) is 22.8 Å². The Hall–Kier alpha value is -3.43. The molecule has 10 heteroatoms. The smallest absolute Gasteiger partial charge is 0.339 e. The second kappa shape index (κ2) is 8.25. The molecule has 4 heterocycles. The Morgan fingerprint density at radius 2 is 2.00 bits per heavy atom. The van der Waals surface area contributed by atoms with Crippen LogP contribution in [-0.2, 0) is 9.47 Å². The zero-order valence-corrected chi connectivity index (χ0v) is 18.1. The lowest BCUT2D eigenvalue weighted by Crippen LogP contribution is -2.21. The summed E-state index contributed by atoms with van der Waals surface area (Å²) >= 11 is 6.22. The molecule has 1 fully saturated rings. The molecule has 0 aliphatic carbocycles. The molecule has 0 amide bonds. The average Bonchev–Trinajstić information content (AvgIpc) is 3.45. The lowest BCUT2D eigenvalue weighted by molar-refractivity contribution is 0.0601. The standard InChI is InChI=1S/C22H21ClN6O3/c1-31-22(30)15-10-13(2-3-17(15)23)19-11-16(20-21(24)25-12-27-29(19)20)18-4-7-26-28(18)14-5-8-32-9-6-14/h2-4,7,10-12,14H,5-6,8-9H2,1H3,(H2,24,25,27). The van der Waals surface area contributed by atoms with Gasteiger partial charge in [-0.1, -0.05) is 17.7 Å². The highest BCUT2D eigenvalue weighted by Crippen LogP contribution is 2.37. The number of hydrogen-bond donors (Lipinski definition) is 1. The number of carbonyl (C=O) groups is 1. The highest BCUT2D eigenvalue weighted by molar-refractivity contribution is 6.33. The number of rotatable bonds is 4. The first-order chi connectivity index (χ1) is 15.6. The fraction of sp³-hybridized carbons (Fsp3) is 0.273. The van der Waals surface area contributed by atoms with Crippen LogP contribution >= 0.6 is 11.6 Å². The Labute approximate surface area is 188 Å². The topological polar surface area (TPSA) is 110 Å². The van der Waals surface area contributed by atoms with Gasteiger partial charge in [0.1, 0.15) is 11.8 Å². The molecule has 5 rings (SSSR count). The molecule has 1 aromatic carbocycles. The summed E-state index contributed by atoms with van der Waals surface area (Å²) in [5.41, 5.74) is 10.5. The second-order valence-electron chi connectivity index (χ2n) is 7.54. The number of hydrogen-bond acceptors (Lipinski definition) is 7. The minimum absolute atomic E-state index is 0.236. The third-order valence-corrected chi connectivity index (χ3v) is 6.06. The van der Waals surface area contributed by atoms with E-state index < -0.39 is 5.97 Å². The molecule has 0 saturated carbocycles. The van der Waals surface area contributed by atoms with E-state index in [9.17, 15) is 4.79 Å². The Morgan fingerprint density at radius 1 is 1.19 bits per heavy atom. The van der Waals surface area contributed by atoms with Crippen molar-refractivity contribution >= 4 is 28.9 Å². The van der Waals surface area contributed by atoms with Crippen molar-refractivity contribution < 1.29 is 14.3 Å². The predicted molar refractivity (Wildman–Crippen MR) is 119 cm³/mol. The van der Waals surface area contributed by atoms with Crippen LogP contribution in [0.1, 0.15) is 29.2 Å². The number of halogens is 1. The van der Waals surface area contributed by atoms with Crippen LogP contribution in [0.25, 0.3) is 28.0 Å². The van der Waals surface area contributed by atoms with Gasteiger partial charge in [-0.25, -0.2) is 14.3 Å². The third kappa shape index (κ3) is 3.39. The molecule has 3 aromatic heterocycles. The van der Waals surface area contributed by atoms with E-state index in [0.717, 1.165) is 35.4 Å². The van der Waals surface area contributed by atoms with E-state index >= 15 is 0 Å². The number of fused-ring (bicyclic) bond motifs is 1. The molecule has 4 aromatic rings. The van der Waals surface area contributed by atoms with Crippen LogP contribution in [0.15, 0.2) is 42.9 Å². The van der Waals surface area contributed by atoms with E-state index in [1.807, 2.05) is 22.9 Å². The first-order valence-corrected chi connectivity index (χ1v) is 10.6. The van der Waals surface area contributed by atoms with Crippen LogP contribution in [0, 0.1) is 0 Å². The van der Waals surface area contributed by atoms with Crippen molar-refractivity contribution in [3.8, 4) is 22.5 Å². The van der Waals surface area contributed by atoms with Gasteiger partial charge in [0.05, 0.1) is 35.1 Å². The van der Waals surface area contributed by atoms with Gasteiger partial charge >= 0.3 is 5.97 Å². The number of methoxy groups -OCH3 is 1. The lowest BCUT2D eigenvalue weighted by atomic mass is 10.1. The number of ether oxygens (including phenoxy) is 2. The molecule has 1 saturated heterocycles. The number of nitrogen functional groups attached to an aromatic ring is 1. The summed E-state index contributed by atoms with van der Waals surface area (Å²) in [6.45, 7) is 1.41. The van der Waals surface area contributed by atoms with Crippen LogP contribution < -0.4 is 5.73 Å². The van der Waals surface area contributed by atoms with Crippen molar-refractivity contribution in [3.63, 3.8) is 0 Å². The Bertz CT molecular complexity index is 1310. The average molecular weight is 453 g/mol. The van der Waals surface area contributed by atoms with Gasteiger partial charge in [-0.2, -0.15) is 10.2 Å². The van der Waals surface area contributed by atoms with E-state index in [4.69, 9.17) is 26.8 Å². The molecule has 164 valence electrons. The lowest BCUT2D eigenvalue weighted by Gasteiger charge is -2.24. The van der Waals surface area contributed by atoms with E-state index in [2.05, 4.69) is 15.2 Å². The molecule has 32 heavy (non-hydrogen) atoms. The molecule has 1 aliphatic rings. The van der Waals surface area contributed by atoms with Crippen molar-refractivity contribution in [2.45, 2.75) is 18.9 Å². The van der Waals surface area contributed by atoms with Crippen LogP contribution in [0.5, 0.6) is 0 Å².